The molecule has 0 bridgehead atoms. The van der Waals surface area contributed by atoms with E-state index in [0.717, 1.165) is 34.0 Å². The molecule has 2 amide bonds. The zero-order valence-corrected chi connectivity index (χ0v) is 25.4. The summed E-state index contributed by atoms with van der Waals surface area (Å²) in [4.78, 5) is 29.2. The van der Waals surface area contributed by atoms with Gasteiger partial charge in [-0.3, -0.25) is 9.59 Å². The van der Waals surface area contributed by atoms with Gasteiger partial charge in [-0.05, 0) is 67.6 Å². The second-order valence-electron chi connectivity index (χ2n) is 9.65. The highest BCUT2D eigenvalue weighted by Crippen LogP contribution is 2.29. The summed E-state index contributed by atoms with van der Waals surface area (Å²) < 4.78 is 12.4. The summed E-state index contributed by atoms with van der Waals surface area (Å²) >= 11 is 3.54. The van der Waals surface area contributed by atoms with Crippen molar-refractivity contribution >= 4 is 27.7 Å². The van der Waals surface area contributed by atoms with Crippen LogP contribution in [0.25, 0.3) is 0 Å². The molecule has 214 valence electrons. The van der Waals surface area contributed by atoms with Crippen molar-refractivity contribution in [3.63, 3.8) is 0 Å². The van der Waals surface area contributed by atoms with Crippen LogP contribution < -0.4 is 14.8 Å². The molecule has 6 nitrogen and oxygen atoms in total. The fourth-order valence-electron chi connectivity index (χ4n) is 4.54. The van der Waals surface area contributed by atoms with Gasteiger partial charge in [0.2, 0.25) is 11.8 Å². The smallest absolute Gasteiger partial charge is 0.243 e. The standard InChI is InChI=1S/C33H41BrN2O4/c1-4-7-20-35-33(38)29(22-25-12-9-8-10-13-25)36(24-27-14-11-15-28(34)21-27)32(37)19-17-26-16-18-30(39-5-2)31(23-26)40-6-3/h8-16,18,21,23,29H,4-7,17,19-20,22,24H2,1-3H3,(H,35,38). The van der Waals surface area contributed by atoms with Gasteiger partial charge in [0.25, 0.3) is 0 Å². The Morgan fingerprint density at radius 2 is 1.57 bits per heavy atom. The van der Waals surface area contributed by atoms with Crippen LogP contribution in [0, 0.1) is 0 Å². The first-order chi connectivity index (χ1) is 19.4. The van der Waals surface area contributed by atoms with Crippen LogP contribution in [-0.4, -0.2) is 42.5 Å². The molecule has 0 aromatic heterocycles. The number of carbonyl (C=O) groups is 2. The number of halogens is 1. The molecule has 3 aromatic carbocycles. The number of benzene rings is 3. The predicted molar refractivity (Wildman–Crippen MR) is 164 cm³/mol. The van der Waals surface area contributed by atoms with Gasteiger partial charge in [0.05, 0.1) is 13.2 Å². The van der Waals surface area contributed by atoms with Crippen molar-refractivity contribution in [2.75, 3.05) is 19.8 Å². The van der Waals surface area contributed by atoms with E-state index in [1.165, 1.54) is 0 Å². The lowest BCUT2D eigenvalue weighted by Crippen LogP contribution is -2.50. The summed E-state index contributed by atoms with van der Waals surface area (Å²) in [6, 6.07) is 22.9. The van der Waals surface area contributed by atoms with Crippen LogP contribution in [0.15, 0.2) is 77.3 Å². The Morgan fingerprint density at radius 1 is 0.850 bits per heavy atom. The topological polar surface area (TPSA) is 67.9 Å². The summed E-state index contributed by atoms with van der Waals surface area (Å²) in [6.07, 6.45) is 3.10. The summed E-state index contributed by atoms with van der Waals surface area (Å²) in [5.74, 6) is 1.18. The molecule has 0 saturated heterocycles. The van der Waals surface area contributed by atoms with Gasteiger partial charge >= 0.3 is 0 Å². The van der Waals surface area contributed by atoms with Crippen LogP contribution in [-0.2, 0) is 29.0 Å². The Bertz CT molecular complexity index is 1220. The molecule has 40 heavy (non-hydrogen) atoms. The molecule has 0 aliphatic carbocycles. The number of hydrogen-bond donors (Lipinski definition) is 1. The lowest BCUT2D eigenvalue weighted by Gasteiger charge is -2.32. The number of nitrogens with one attached hydrogen (secondary N) is 1. The molecule has 0 aliphatic rings. The molecular formula is C33H41BrN2O4. The van der Waals surface area contributed by atoms with E-state index in [9.17, 15) is 9.59 Å². The lowest BCUT2D eigenvalue weighted by molar-refractivity contribution is -0.141. The van der Waals surface area contributed by atoms with E-state index in [1.54, 1.807) is 4.90 Å². The Labute approximate surface area is 247 Å². The average molecular weight is 610 g/mol. The van der Waals surface area contributed by atoms with Gasteiger partial charge < -0.3 is 19.7 Å². The number of nitrogens with zero attached hydrogens (tertiary/aromatic N) is 1. The lowest BCUT2D eigenvalue weighted by atomic mass is 10.0. The molecule has 1 N–H and O–H groups in total. The SMILES string of the molecule is CCCCNC(=O)C(Cc1ccccc1)N(Cc1cccc(Br)c1)C(=O)CCc1ccc(OCC)c(OCC)c1. The number of aryl methyl sites for hydroxylation is 1. The van der Waals surface area contributed by atoms with Gasteiger partial charge in [-0.2, -0.15) is 0 Å². The van der Waals surface area contributed by atoms with Gasteiger partial charge in [0.1, 0.15) is 6.04 Å². The zero-order chi connectivity index (χ0) is 28.7. The maximum Gasteiger partial charge on any atom is 0.243 e. The maximum absolute atomic E-state index is 13.9. The largest absolute Gasteiger partial charge is 0.490 e. The molecule has 1 atom stereocenters. The first kappa shape index (κ1) is 31.2. The molecule has 1 unspecified atom stereocenters. The van der Waals surface area contributed by atoms with Crippen molar-refractivity contribution in [1.29, 1.82) is 0 Å². The van der Waals surface area contributed by atoms with Gasteiger partial charge in [-0.1, -0.05) is 77.8 Å². The first-order valence-corrected chi connectivity index (χ1v) is 15.0. The summed E-state index contributed by atoms with van der Waals surface area (Å²) in [7, 11) is 0. The number of hydrogen-bond acceptors (Lipinski definition) is 4. The molecule has 0 radical (unpaired) electrons. The number of carbonyl (C=O) groups excluding carboxylic acids is 2. The van der Waals surface area contributed by atoms with E-state index in [0.29, 0.717) is 50.6 Å². The van der Waals surface area contributed by atoms with E-state index in [-0.39, 0.29) is 18.2 Å². The monoisotopic (exact) mass is 608 g/mol. The Hall–Kier alpha value is -3.32. The highest BCUT2D eigenvalue weighted by atomic mass is 79.9. The van der Waals surface area contributed by atoms with E-state index in [4.69, 9.17) is 9.47 Å². The van der Waals surface area contributed by atoms with Crippen molar-refractivity contribution in [2.45, 2.75) is 65.5 Å². The van der Waals surface area contributed by atoms with E-state index < -0.39 is 6.04 Å². The zero-order valence-electron chi connectivity index (χ0n) is 23.8. The Morgan fingerprint density at radius 3 is 2.27 bits per heavy atom. The third-order valence-corrected chi connectivity index (χ3v) is 7.07. The summed E-state index contributed by atoms with van der Waals surface area (Å²) in [6.45, 7) is 7.96. The van der Waals surface area contributed by atoms with E-state index in [2.05, 4.69) is 28.2 Å². The van der Waals surface area contributed by atoms with E-state index >= 15 is 0 Å². The minimum absolute atomic E-state index is 0.0709. The number of unbranched alkanes of at least 4 members (excludes halogenated alkanes) is 1. The van der Waals surface area contributed by atoms with Crippen molar-refractivity contribution in [1.82, 2.24) is 10.2 Å². The molecule has 3 aromatic rings. The average Bonchev–Trinajstić information content (AvgIpc) is 2.95. The van der Waals surface area contributed by atoms with Crippen molar-refractivity contribution in [3.05, 3.63) is 94.0 Å². The van der Waals surface area contributed by atoms with Gasteiger partial charge in [0, 0.05) is 30.4 Å². The quantitative estimate of drug-likeness (QED) is 0.183. The third-order valence-electron chi connectivity index (χ3n) is 6.58. The van der Waals surface area contributed by atoms with Crippen LogP contribution in [0.1, 0.15) is 56.7 Å². The normalized spacial score (nSPS) is 11.5. The second kappa shape index (κ2) is 16.7. The van der Waals surface area contributed by atoms with Crippen LogP contribution in [0.4, 0.5) is 0 Å². The van der Waals surface area contributed by atoms with Gasteiger partial charge in [-0.25, -0.2) is 0 Å². The highest BCUT2D eigenvalue weighted by molar-refractivity contribution is 9.10. The predicted octanol–water partition coefficient (Wildman–Crippen LogP) is 6.74. The number of rotatable bonds is 16. The maximum atomic E-state index is 13.9. The number of ether oxygens (including phenoxy) is 2. The van der Waals surface area contributed by atoms with Crippen LogP contribution in [0.3, 0.4) is 0 Å². The molecule has 0 heterocycles. The summed E-state index contributed by atoms with van der Waals surface area (Å²) in [5.41, 5.74) is 2.95. The molecule has 0 fully saturated rings. The fourth-order valence-corrected chi connectivity index (χ4v) is 4.98. The summed E-state index contributed by atoms with van der Waals surface area (Å²) in [5, 5.41) is 3.08. The Kier molecular flexibility index (Phi) is 13.0. The number of amides is 2. The minimum atomic E-state index is -0.634. The minimum Gasteiger partial charge on any atom is -0.490 e. The first-order valence-electron chi connectivity index (χ1n) is 14.2. The molecule has 0 saturated carbocycles. The second-order valence-corrected chi connectivity index (χ2v) is 10.6. The van der Waals surface area contributed by atoms with E-state index in [1.807, 2.05) is 86.6 Å². The van der Waals surface area contributed by atoms with Crippen molar-refractivity contribution < 1.29 is 19.1 Å². The van der Waals surface area contributed by atoms with Crippen LogP contribution in [0.5, 0.6) is 11.5 Å². The Balaban J connectivity index is 1.88. The molecule has 0 aliphatic heterocycles. The van der Waals surface area contributed by atoms with Gasteiger partial charge in [-0.15, -0.1) is 0 Å². The van der Waals surface area contributed by atoms with Crippen molar-refractivity contribution in [3.8, 4) is 11.5 Å². The highest BCUT2D eigenvalue weighted by Gasteiger charge is 2.30. The molecular weight excluding hydrogens is 568 g/mol. The molecule has 3 rings (SSSR count). The fraction of sp³-hybridized carbons (Fsp3) is 0.394. The van der Waals surface area contributed by atoms with Gasteiger partial charge in [0.15, 0.2) is 11.5 Å². The third kappa shape index (κ3) is 9.70. The van der Waals surface area contributed by atoms with Crippen LogP contribution >= 0.6 is 15.9 Å². The molecule has 0 spiro atoms. The molecule has 7 heteroatoms. The van der Waals surface area contributed by atoms with Crippen molar-refractivity contribution in [2.24, 2.45) is 0 Å². The van der Waals surface area contributed by atoms with Crippen LogP contribution in [0.2, 0.25) is 0 Å².